The molecular formula is C16H22O7. The average Bonchev–Trinajstić information content (AvgIpc) is 3.39. The summed E-state index contributed by atoms with van der Waals surface area (Å²) in [7, 11) is 0. The van der Waals surface area contributed by atoms with Gasteiger partial charge >= 0.3 is 11.9 Å². The van der Waals surface area contributed by atoms with Crippen LogP contribution in [0.4, 0.5) is 0 Å². The van der Waals surface area contributed by atoms with E-state index in [-0.39, 0.29) is 36.4 Å². The van der Waals surface area contributed by atoms with Crippen LogP contribution in [0.3, 0.4) is 0 Å². The highest BCUT2D eigenvalue weighted by molar-refractivity contribution is 5.82. The number of ether oxygens (including phenoxy) is 5. The average molecular weight is 326 g/mol. The van der Waals surface area contributed by atoms with Crippen LogP contribution in [-0.2, 0) is 33.3 Å². The highest BCUT2D eigenvalue weighted by atomic mass is 16.6. The van der Waals surface area contributed by atoms with Crippen LogP contribution in [0, 0.1) is 11.8 Å². The van der Waals surface area contributed by atoms with Crippen LogP contribution in [0.1, 0.15) is 25.7 Å². The fourth-order valence-electron chi connectivity index (χ4n) is 3.21. The van der Waals surface area contributed by atoms with Gasteiger partial charge in [0, 0.05) is 12.8 Å². The molecule has 4 aliphatic rings. The summed E-state index contributed by atoms with van der Waals surface area (Å²) in [5.74, 6) is -1.54. The summed E-state index contributed by atoms with van der Waals surface area (Å²) in [5, 5.41) is 0. The Kier molecular flexibility index (Phi) is 4.26. The van der Waals surface area contributed by atoms with E-state index in [0.717, 1.165) is 26.1 Å². The van der Waals surface area contributed by atoms with E-state index in [0.29, 0.717) is 26.1 Å². The molecule has 7 nitrogen and oxygen atoms in total. The van der Waals surface area contributed by atoms with Crippen LogP contribution >= 0.6 is 0 Å². The first-order valence-corrected chi connectivity index (χ1v) is 8.42. The summed E-state index contributed by atoms with van der Waals surface area (Å²) in [4.78, 5) is 24.6. The molecule has 0 radical (unpaired) electrons. The van der Waals surface area contributed by atoms with Gasteiger partial charge in [0.25, 0.3) is 0 Å². The van der Waals surface area contributed by atoms with Gasteiger partial charge in [0.15, 0.2) is 0 Å². The van der Waals surface area contributed by atoms with Gasteiger partial charge in [-0.25, -0.2) is 0 Å². The minimum Gasteiger partial charge on any atom is -0.465 e. The Morgan fingerprint density at radius 2 is 1.26 bits per heavy atom. The molecule has 3 saturated heterocycles. The van der Waals surface area contributed by atoms with Crippen molar-refractivity contribution in [1.29, 1.82) is 0 Å². The Balaban J connectivity index is 1.28. The van der Waals surface area contributed by atoms with Crippen LogP contribution in [0.25, 0.3) is 0 Å². The van der Waals surface area contributed by atoms with Crippen molar-refractivity contribution in [3.8, 4) is 0 Å². The summed E-state index contributed by atoms with van der Waals surface area (Å²) < 4.78 is 26.3. The van der Waals surface area contributed by atoms with E-state index in [2.05, 4.69) is 0 Å². The third-order valence-corrected chi connectivity index (χ3v) is 4.92. The second kappa shape index (κ2) is 6.37. The number of hydrogen-bond acceptors (Lipinski definition) is 7. The van der Waals surface area contributed by atoms with Gasteiger partial charge in [-0.2, -0.15) is 0 Å². The van der Waals surface area contributed by atoms with Crippen LogP contribution in [0.2, 0.25) is 0 Å². The summed E-state index contributed by atoms with van der Waals surface area (Å²) in [6.45, 7) is 2.18. The lowest BCUT2D eigenvalue weighted by Gasteiger charge is -2.26. The Morgan fingerprint density at radius 1 is 0.826 bits per heavy atom. The molecule has 4 rings (SSSR count). The summed E-state index contributed by atoms with van der Waals surface area (Å²) in [5.41, 5.74) is 0. The molecular weight excluding hydrogens is 304 g/mol. The molecule has 1 saturated carbocycles. The topological polar surface area (TPSA) is 90.2 Å². The molecule has 6 atom stereocenters. The smallest absolute Gasteiger partial charge is 0.309 e. The molecule has 0 aromatic rings. The number of epoxide rings is 3. The first-order valence-electron chi connectivity index (χ1n) is 8.42. The number of carbonyl (C=O) groups is 2. The molecule has 0 aromatic carbocycles. The molecule has 128 valence electrons. The highest BCUT2D eigenvalue weighted by Gasteiger charge is 2.53. The maximum atomic E-state index is 12.3. The zero-order chi connectivity index (χ0) is 15.8. The minimum absolute atomic E-state index is 0.100. The standard InChI is InChI=1S/C16H22O7/c17-15(19-3-1-9-7-21-9)11-5-13-14(23-13)6-12(11)16(18)20-4-2-10-8-22-10/h9-14H,1-8H2. The number of carbonyl (C=O) groups excluding carboxylic acids is 2. The predicted octanol–water partition coefficient (Wildman–Crippen LogP) is 0.444. The Labute approximate surface area is 134 Å². The van der Waals surface area contributed by atoms with Gasteiger partial charge in [0.2, 0.25) is 0 Å². The molecule has 0 aromatic heterocycles. The first-order chi connectivity index (χ1) is 11.2. The van der Waals surface area contributed by atoms with E-state index >= 15 is 0 Å². The molecule has 0 N–H and O–H groups in total. The van der Waals surface area contributed by atoms with Crippen molar-refractivity contribution in [2.24, 2.45) is 11.8 Å². The van der Waals surface area contributed by atoms with Crippen LogP contribution in [0.5, 0.6) is 0 Å². The number of rotatable bonds is 8. The molecule has 0 bridgehead atoms. The monoisotopic (exact) mass is 326 g/mol. The first kappa shape index (κ1) is 15.4. The molecule has 0 spiro atoms. The van der Waals surface area contributed by atoms with E-state index in [9.17, 15) is 9.59 Å². The van der Waals surface area contributed by atoms with Crippen molar-refractivity contribution in [3.05, 3.63) is 0 Å². The third-order valence-electron chi connectivity index (χ3n) is 4.92. The Hall–Kier alpha value is -1.18. The highest BCUT2D eigenvalue weighted by Crippen LogP contribution is 2.43. The molecule has 1 aliphatic carbocycles. The van der Waals surface area contributed by atoms with E-state index in [1.807, 2.05) is 0 Å². The zero-order valence-electron chi connectivity index (χ0n) is 13.0. The molecule has 7 heteroatoms. The third kappa shape index (κ3) is 4.02. The predicted molar refractivity (Wildman–Crippen MR) is 75.5 cm³/mol. The molecule has 3 heterocycles. The van der Waals surface area contributed by atoms with Gasteiger partial charge < -0.3 is 23.7 Å². The van der Waals surface area contributed by atoms with Crippen molar-refractivity contribution in [2.45, 2.75) is 50.1 Å². The van der Waals surface area contributed by atoms with Crippen molar-refractivity contribution >= 4 is 11.9 Å². The van der Waals surface area contributed by atoms with Gasteiger partial charge in [0.05, 0.1) is 62.7 Å². The number of fused-ring (bicyclic) bond motifs is 1. The van der Waals surface area contributed by atoms with Gasteiger partial charge in [-0.15, -0.1) is 0 Å². The quantitative estimate of drug-likeness (QED) is 0.472. The SMILES string of the molecule is O=C(OCCC1CO1)C1CC2OC2CC1C(=O)OCCC1CO1. The summed E-state index contributed by atoms with van der Waals surface area (Å²) in [6, 6.07) is 0. The molecule has 3 aliphatic heterocycles. The summed E-state index contributed by atoms with van der Waals surface area (Å²) >= 11 is 0. The Morgan fingerprint density at radius 3 is 1.65 bits per heavy atom. The normalized spacial score (nSPS) is 40.0. The van der Waals surface area contributed by atoms with Crippen LogP contribution in [-0.4, -0.2) is 62.8 Å². The van der Waals surface area contributed by atoms with Gasteiger partial charge in [-0.1, -0.05) is 0 Å². The van der Waals surface area contributed by atoms with E-state index in [1.54, 1.807) is 0 Å². The summed E-state index contributed by atoms with van der Waals surface area (Å²) in [6.07, 6.45) is 3.21. The van der Waals surface area contributed by atoms with E-state index < -0.39 is 11.8 Å². The van der Waals surface area contributed by atoms with Gasteiger partial charge in [0.1, 0.15) is 0 Å². The fourth-order valence-corrected chi connectivity index (χ4v) is 3.21. The fraction of sp³-hybridized carbons (Fsp3) is 0.875. The van der Waals surface area contributed by atoms with E-state index in [1.165, 1.54) is 0 Å². The molecule has 6 unspecified atom stereocenters. The molecule has 23 heavy (non-hydrogen) atoms. The minimum atomic E-state index is -0.455. The second-order valence-corrected chi connectivity index (χ2v) is 6.72. The van der Waals surface area contributed by atoms with Crippen molar-refractivity contribution in [1.82, 2.24) is 0 Å². The molecule has 4 fully saturated rings. The largest absolute Gasteiger partial charge is 0.465 e. The zero-order valence-corrected chi connectivity index (χ0v) is 13.0. The lowest BCUT2D eigenvalue weighted by atomic mass is 9.79. The van der Waals surface area contributed by atoms with Crippen LogP contribution < -0.4 is 0 Å². The maximum absolute atomic E-state index is 12.3. The number of esters is 2. The number of hydrogen-bond donors (Lipinski definition) is 0. The Bertz CT molecular complexity index is 429. The van der Waals surface area contributed by atoms with E-state index in [4.69, 9.17) is 23.7 Å². The van der Waals surface area contributed by atoms with Gasteiger partial charge in [-0.05, 0) is 12.8 Å². The van der Waals surface area contributed by atoms with Crippen molar-refractivity contribution in [2.75, 3.05) is 26.4 Å². The lowest BCUT2D eigenvalue weighted by molar-refractivity contribution is -0.162. The molecule has 0 amide bonds. The maximum Gasteiger partial charge on any atom is 0.309 e. The van der Waals surface area contributed by atoms with Gasteiger partial charge in [-0.3, -0.25) is 9.59 Å². The van der Waals surface area contributed by atoms with Crippen LogP contribution in [0.15, 0.2) is 0 Å². The lowest BCUT2D eigenvalue weighted by Crippen LogP contribution is -2.38. The van der Waals surface area contributed by atoms with Crippen molar-refractivity contribution < 1.29 is 33.3 Å². The van der Waals surface area contributed by atoms with Crippen molar-refractivity contribution in [3.63, 3.8) is 0 Å². The second-order valence-electron chi connectivity index (χ2n) is 6.72.